The average Bonchev–Trinajstić information content (AvgIpc) is 2.83. The molecule has 0 amide bonds. The first kappa shape index (κ1) is 24.3. The lowest BCUT2D eigenvalue weighted by Gasteiger charge is -2.25. The number of nitrogens with one attached hydrogen (secondary N) is 2. The van der Waals surface area contributed by atoms with Crippen molar-refractivity contribution in [1.29, 1.82) is 0 Å². The second kappa shape index (κ2) is 11.0. The van der Waals surface area contributed by atoms with E-state index in [-0.39, 0.29) is 5.41 Å². The number of aryl methyl sites for hydroxylation is 1. The molecule has 0 atom stereocenters. The van der Waals surface area contributed by atoms with Gasteiger partial charge in [0.05, 0.1) is 5.70 Å². The first-order valence-corrected chi connectivity index (χ1v) is 12.0. The predicted molar refractivity (Wildman–Crippen MR) is 145 cm³/mol. The van der Waals surface area contributed by atoms with Crippen molar-refractivity contribution < 1.29 is 0 Å². The third-order valence-corrected chi connectivity index (χ3v) is 5.59. The number of rotatable bonds is 4. The van der Waals surface area contributed by atoms with Gasteiger partial charge in [0.2, 0.25) is 0 Å². The Hall–Kier alpha value is -3.33. The highest BCUT2D eigenvalue weighted by Crippen LogP contribution is 2.30. The molecule has 0 fully saturated rings. The molecule has 0 spiro atoms. The number of hydrogen-bond donors (Lipinski definition) is 2. The topological polar surface area (TPSA) is 36.4 Å². The molecule has 0 unspecified atom stereocenters. The molecule has 1 aliphatic heterocycles. The Morgan fingerprint density at radius 2 is 1.45 bits per heavy atom. The van der Waals surface area contributed by atoms with Crippen LogP contribution < -0.4 is 10.6 Å². The molecule has 3 aromatic carbocycles. The normalized spacial score (nSPS) is 13.3. The number of benzene rings is 3. The summed E-state index contributed by atoms with van der Waals surface area (Å²) in [7, 11) is 0. The summed E-state index contributed by atoms with van der Waals surface area (Å²) >= 11 is 0. The fraction of sp³-hybridized carbons (Fsp3) is 0.300. The van der Waals surface area contributed by atoms with E-state index in [1.807, 2.05) is 19.9 Å². The summed E-state index contributed by atoms with van der Waals surface area (Å²) in [5.41, 5.74) is 8.26. The van der Waals surface area contributed by atoms with Crippen molar-refractivity contribution in [1.82, 2.24) is 0 Å². The SMILES string of the molecule is CC.Cc1cc(-c2ccccc2)ccc1NC1=CCCN=C1Nc1ccccc1C(C)(C)C. The van der Waals surface area contributed by atoms with E-state index >= 15 is 0 Å². The molecule has 1 aliphatic rings. The molecule has 1 heterocycles. The molecule has 33 heavy (non-hydrogen) atoms. The molecule has 0 aromatic heterocycles. The quantitative estimate of drug-likeness (QED) is 0.430. The van der Waals surface area contributed by atoms with Crippen molar-refractivity contribution in [2.45, 2.75) is 53.4 Å². The third kappa shape index (κ3) is 6.13. The standard InChI is InChI=1S/C28H31N3.C2H6/c1-20-19-22(21-11-6-5-7-12-21)16-17-24(20)30-26-15-10-18-29-27(26)31-25-14-9-8-13-23(25)28(2,3)4;1-2/h5-9,11-17,19,30H,10,18H2,1-4H3,(H,29,31);1-2H3. The van der Waals surface area contributed by atoms with Gasteiger partial charge in [0.15, 0.2) is 0 Å². The Kier molecular flexibility index (Phi) is 8.11. The van der Waals surface area contributed by atoms with Gasteiger partial charge < -0.3 is 10.6 Å². The van der Waals surface area contributed by atoms with Crippen LogP contribution in [-0.2, 0) is 5.41 Å². The van der Waals surface area contributed by atoms with Crippen LogP contribution in [0.2, 0.25) is 0 Å². The fourth-order valence-electron chi connectivity index (χ4n) is 3.92. The average molecular weight is 440 g/mol. The van der Waals surface area contributed by atoms with Gasteiger partial charge in [-0.1, -0.05) is 95.3 Å². The zero-order valence-electron chi connectivity index (χ0n) is 20.9. The summed E-state index contributed by atoms with van der Waals surface area (Å²) in [5.74, 6) is 0.898. The molecular formula is C30H37N3. The maximum atomic E-state index is 4.80. The Morgan fingerprint density at radius 1 is 0.758 bits per heavy atom. The number of dihydropyridines is 1. The largest absolute Gasteiger partial charge is 0.353 e. The molecular weight excluding hydrogens is 402 g/mol. The molecule has 0 bridgehead atoms. The first-order chi connectivity index (χ1) is 15.9. The lowest BCUT2D eigenvalue weighted by molar-refractivity contribution is 0.592. The molecule has 0 aliphatic carbocycles. The van der Waals surface area contributed by atoms with E-state index in [9.17, 15) is 0 Å². The molecule has 172 valence electrons. The first-order valence-electron chi connectivity index (χ1n) is 12.0. The number of amidine groups is 1. The summed E-state index contributed by atoms with van der Waals surface area (Å²) in [4.78, 5) is 4.80. The van der Waals surface area contributed by atoms with Gasteiger partial charge in [-0.15, -0.1) is 0 Å². The van der Waals surface area contributed by atoms with Crippen LogP contribution in [0.1, 0.15) is 52.2 Å². The van der Waals surface area contributed by atoms with Crippen molar-refractivity contribution in [2.24, 2.45) is 4.99 Å². The maximum absolute atomic E-state index is 4.80. The second-order valence-corrected chi connectivity index (χ2v) is 9.08. The van der Waals surface area contributed by atoms with Gasteiger partial charge in [-0.25, -0.2) is 0 Å². The molecule has 3 heteroatoms. The van der Waals surface area contributed by atoms with Crippen LogP contribution in [0.15, 0.2) is 89.6 Å². The summed E-state index contributed by atoms with van der Waals surface area (Å²) in [6.45, 7) is 13.7. The molecule has 2 N–H and O–H groups in total. The maximum Gasteiger partial charge on any atom is 0.149 e. The zero-order chi connectivity index (χ0) is 23.8. The van der Waals surface area contributed by atoms with Gasteiger partial charge in [-0.2, -0.15) is 0 Å². The smallest absolute Gasteiger partial charge is 0.149 e. The lowest BCUT2D eigenvalue weighted by atomic mass is 9.86. The van der Waals surface area contributed by atoms with Crippen LogP contribution in [-0.4, -0.2) is 12.4 Å². The van der Waals surface area contributed by atoms with Crippen LogP contribution in [0, 0.1) is 6.92 Å². The zero-order valence-corrected chi connectivity index (χ0v) is 20.9. The number of aliphatic imine (C=N–C) groups is 1. The van der Waals surface area contributed by atoms with Gasteiger partial charge in [-0.3, -0.25) is 4.99 Å². The molecule has 4 rings (SSSR count). The van der Waals surface area contributed by atoms with Gasteiger partial charge >= 0.3 is 0 Å². The highest BCUT2D eigenvalue weighted by molar-refractivity contribution is 6.10. The summed E-state index contributed by atoms with van der Waals surface area (Å²) in [6.07, 6.45) is 3.18. The van der Waals surface area contributed by atoms with E-state index in [2.05, 4.69) is 111 Å². The summed E-state index contributed by atoms with van der Waals surface area (Å²) in [5, 5.41) is 7.23. The lowest BCUT2D eigenvalue weighted by Crippen LogP contribution is -2.25. The van der Waals surface area contributed by atoms with Crippen molar-refractivity contribution in [3.05, 3.63) is 95.7 Å². The van der Waals surface area contributed by atoms with E-state index < -0.39 is 0 Å². The predicted octanol–water partition coefficient (Wildman–Crippen LogP) is 8.20. The van der Waals surface area contributed by atoms with E-state index in [1.165, 1.54) is 22.3 Å². The second-order valence-electron chi connectivity index (χ2n) is 9.08. The van der Waals surface area contributed by atoms with E-state index in [4.69, 9.17) is 4.99 Å². The van der Waals surface area contributed by atoms with Crippen LogP contribution in [0.3, 0.4) is 0 Å². The van der Waals surface area contributed by atoms with E-state index in [0.29, 0.717) is 0 Å². The van der Waals surface area contributed by atoms with Crippen molar-refractivity contribution in [2.75, 3.05) is 17.2 Å². The highest BCUT2D eigenvalue weighted by atomic mass is 15.1. The number of anilines is 2. The number of para-hydroxylation sites is 1. The monoisotopic (exact) mass is 439 g/mol. The summed E-state index contributed by atoms with van der Waals surface area (Å²) < 4.78 is 0. The van der Waals surface area contributed by atoms with Crippen molar-refractivity contribution in [3.63, 3.8) is 0 Å². The Balaban J connectivity index is 0.00000149. The van der Waals surface area contributed by atoms with Crippen LogP contribution in [0.5, 0.6) is 0 Å². The van der Waals surface area contributed by atoms with Crippen LogP contribution in [0.4, 0.5) is 11.4 Å². The number of hydrogen-bond acceptors (Lipinski definition) is 3. The van der Waals surface area contributed by atoms with E-state index in [0.717, 1.165) is 35.9 Å². The van der Waals surface area contributed by atoms with Gasteiger partial charge in [0.1, 0.15) is 5.84 Å². The minimum Gasteiger partial charge on any atom is -0.353 e. The van der Waals surface area contributed by atoms with Gasteiger partial charge in [0, 0.05) is 17.9 Å². The van der Waals surface area contributed by atoms with Crippen LogP contribution >= 0.6 is 0 Å². The van der Waals surface area contributed by atoms with Gasteiger partial charge in [-0.05, 0) is 59.2 Å². The Bertz CT molecular complexity index is 1120. The molecule has 3 nitrogen and oxygen atoms in total. The minimum atomic E-state index is 0.0555. The third-order valence-electron chi connectivity index (χ3n) is 5.59. The van der Waals surface area contributed by atoms with Crippen molar-refractivity contribution >= 4 is 17.2 Å². The Labute approximate surface area is 199 Å². The fourth-order valence-corrected chi connectivity index (χ4v) is 3.92. The van der Waals surface area contributed by atoms with E-state index in [1.54, 1.807) is 0 Å². The molecule has 0 radical (unpaired) electrons. The molecule has 0 saturated heterocycles. The summed E-state index contributed by atoms with van der Waals surface area (Å²) in [6, 6.07) is 25.6. The number of nitrogens with zero attached hydrogens (tertiary/aromatic N) is 1. The molecule has 3 aromatic rings. The highest BCUT2D eigenvalue weighted by Gasteiger charge is 2.20. The molecule has 0 saturated carbocycles. The van der Waals surface area contributed by atoms with Gasteiger partial charge in [0.25, 0.3) is 0 Å². The Morgan fingerprint density at radius 3 is 2.15 bits per heavy atom. The van der Waals surface area contributed by atoms with Crippen LogP contribution in [0.25, 0.3) is 11.1 Å². The minimum absolute atomic E-state index is 0.0555. The van der Waals surface area contributed by atoms with Crippen molar-refractivity contribution in [3.8, 4) is 11.1 Å².